The van der Waals surface area contributed by atoms with Crippen LogP contribution in [0.2, 0.25) is 10.0 Å². The van der Waals surface area contributed by atoms with Gasteiger partial charge in [-0.15, -0.1) is 0 Å². The van der Waals surface area contributed by atoms with E-state index in [0.717, 1.165) is 22.6 Å². The zero-order valence-corrected chi connectivity index (χ0v) is 14.3. The number of thioether (sulfide) groups is 1. The molecule has 0 aliphatic heterocycles. The van der Waals surface area contributed by atoms with Crippen LogP contribution >= 0.6 is 35.0 Å². The smallest absolute Gasteiger partial charge is 0.224 e. The Hall–Kier alpha value is -1.16. The van der Waals surface area contributed by atoms with Gasteiger partial charge in [0.15, 0.2) is 0 Å². The summed E-state index contributed by atoms with van der Waals surface area (Å²) in [5.74, 6) is 1.61. The summed E-state index contributed by atoms with van der Waals surface area (Å²) in [6, 6.07) is 15.2. The zero-order chi connectivity index (χ0) is 15.8. The molecule has 1 N–H and O–H groups in total. The average molecular weight is 354 g/mol. The van der Waals surface area contributed by atoms with Crippen LogP contribution < -0.4 is 5.32 Å². The molecule has 2 aromatic carbocycles. The van der Waals surface area contributed by atoms with E-state index in [1.807, 2.05) is 48.5 Å². The van der Waals surface area contributed by atoms with E-state index >= 15 is 0 Å². The monoisotopic (exact) mass is 353 g/mol. The quantitative estimate of drug-likeness (QED) is 0.737. The molecule has 0 unspecified atom stereocenters. The van der Waals surface area contributed by atoms with E-state index in [-0.39, 0.29) is 5.91 Å². The first-order valence-corrected chi connectivity index (χ1v) is 8.89. The minimum Gasteiger partial charge on any atom is -0.355 e. The Balaban J connectivity index is 1.66. The molecule has 2 aromatic rings. The number of carbonyl (C=O) groups excluding carboxylic acids is 1. The van der Waals surface area contributed by atoms with Gasteiger partial charge in [0.05, 0.1) is 6.42 Å². The molecular formula is C17H17Cl2NOS. The molecule has 0 aliphatic carbocycles. The summed E-state index contributed by atoms with van der Waals surface area (Å²) < 4.78 is 0. The molecule has 0 spiro atoms. The number of benzene rings is 2. The number of rotatable bonds is 7. The summed E-state index contributed by atoms with van der Waals surface area (Å²) in [6.45, 7) is 0.637. The third-order valence-corrected chi connectivity index (χ3v) is 4.78. The molecule has 2 rings (SSSR count). The number of carbonyl (C=O) groups is 1. The molecule has 0 aromatic heterocycles. The highest BCUT2D eigenvalue weighted by Gasteiger charge is 2.06. The summed E-state index contributed by atoms with van der Waals surface area (Å²) in [5.41, 5.74) is 1.97. The van der Waals surface area contributed by atoms with Crippen molar-refractivity contribution in [1.82, 2.24) is 5.32 Å². The van der Waals surface area contributed by atoms with E-state index in [0.29, 0.717) is 23.0 Å². The van der Waals surface area contributed by atoms with Crippen molar-refractivity contribution in [3.05, 3.63) is 69.7 Å². The molecule has 0 atom stereocenters. The van der Waals surface area contributed by atoms with E-state index in [2.05, 4.69) is 5.32 Å². The summed E-state index contributed by atoms with van der Waals surface area (Å²) in [5, 5.41) is 4.30. The minimum atomic E-state index is 0.0441. The third-order valence-electron chi connectivity index (χ3n) is 3.08. The van der Waals surface area contributed by atoms with E-state index in [1.54, 1.807) is 11.8 Å². The van der Waals surface area contributed by atoms with Gasteiger partial charge in [-0.1, -0.05) is 59.6 Å². The summed E-state index contributed by atoms with van der Waals surface area (Å²) >= 11 is 13.9. The van der Waals surface area contributed by atoms with Crippen LogP contribution in [0.25, 0.3) is 0 Å². The lowest BCUT2D eigenvalue weighted by Gasteiger charge is -2.08. The molecule has 0 radical (unpaired) electrons. The molecule has 1 amide bonds. The lowest BCUT2D eigenvalue weighted by atomic mass is 10.1. The van der Waals surface area contributed by atoms with Crippen LogP contribution in [0.4, 0.5) is 0 Å². The van der Waals surface area contributed by atoms with Crippen molar-refractivity contribution < 1.29 is 4.79 Å². The zero-order valence-electron chi connectivity index (χ0n) is 12.0. The van der Waals surface area contributed by atoms with E-state index in [4.69, 9.17) is 23.2 Å². The van der Waals surface area contributed by atoms with Crippen LogP contribution in [0.3, 0.4) is 0 Å². The third kappa shape index (κ3) is 5.56. The van der Waals surface area contributed by atoms with E-state index < -0.39 is 0 Å². The highest BCUT2D eigenvalue weighted by Crippen LogP contribution is 2.27. The van der Waals surface area contributed by atoms with Crippen LogP contribution in [0.1, 0.15) is 11.1 Å². The number of amides is 1. The molecule has 0 saturated heterocycles. The molecule has 0 saturated carbocycles. The van der Waals surface area contributed by atoms with Crippen molar-refractivity contribution in [1.29, 1.82) is 0 Å². The van der Waals surface area contributed by atoms with Gasteiger partial charge in [0.2, 0.25) is 5.91 Å². The van der Waals surface area contributed by atoms with E-state index in [1.165, 1.54) is 0 Å². The molecule has 5 heteroatoms. The van der Waals surface area contributed by atoms with Gasteiger partial charge < -0.3 is 5.32 Å². The number of halogens is 2. The predicted octanol–water partition coefficient (Wildman–Crippen LogP) is 4.59. The first kappa shape index (κ1) is 17.2. The Morgan fingerprint density at radius 3 is 2.36 bits per heavy atom. The van der Waals surface area contributed by atoms with E-state index in [9.17, 15) is 4.79 Å². The summed E-state index contributed by atoms with van der Waals surface area (Å²) in [7, 11) is 0. The van der Waals surface area contributed by atoms with Crippen molar-refractivity contribution in [3.8, 4) is 0 Å². The van der Waals surface area contributed by atoms with Gasteiger partial charge >= 0.3 is 0 Å². The van der Waals surface area contributed by atoms with Gasteiger partial charge in [-0.2, -0.15) is 11.8 Å². The van der Waals surface area contributed by atoms with Gasteiger partial charge in [-0.05, 0) is 23.3 Å². The van der Waals surface area contributed by atoms with Crippen LogP contribution in [0, 0.1) is 0 Å². The fourth-order valence-corrected chi connectivity index (χ4v) is 3.55. The molecule has 0 fully saturated rings. The summed E-state index contributed by atoms with van der Waals surface area (Å²) in [4.78, 5) is 11.8. The van der Waals surface area contributed by atoms with Gasteiger partial charge in [0.1, 0.15) is 0 Å². The van der Waals surface area contributed by atoms with Crippen LogP contribution in [-0.2, 0) is 17.0 Å². The molecule has 0 aliphatic rings. The standard InChI is InChI=1S/C17H17Cl2NOS/c18-15-7-4-8-16(19)14(15)12-22-10-9-20-17(21)11-13-5-2-1-3-6-13/h1-8H,9-12H2,(H,20,21). The largest absolute Gasteiger partial charge is 0.355 e. The first-order valence-electron chi connectivity index (χ1n) is 6.98. The molecule has 116 valence electrons. The Kier molecular flexibility index (Phi) is 7.10. The first-order chi connectivity index (χ1) is 10.7. The lowest BCUT2D eigenvalue weighted by Crippen LogP contribution is -2.27. The molecule has 0 heterocycles. The van der Waals surface area contributed by atoms with Gasteiger partial charge in [0.25, 0.3) is 0 Å². The SMILES string of the molecule is O=C(Cc1ccccc1)NCCSCc1c(Cl)cccc1Cl. The fraction of sp³-hybridized carbons (Fsp3) is 0.235. The van der Waals surface area contributed by atoms with Crippen molar-refractivity contribution in [2.24, 2.45) is 0 Å². The summed E-state index contributed by atoms with van der Waals surface area (Å²) in [6.07, 6.45) is 0.419. The maximum atomic E-state index is 11.8. The topological polar surface area (TPSA) is 29.1 Å². The Morgan fingerprint density at radius 1 is 1.00 bits per heavy atom. The predicted molar refractivity (Wildman–Crippen MR) is 95.8 cm³/mol. The second kappa shape index (κ2) is 9.09. The van der Waals surface area contributed by atoms with Crippen molar-refractivity contribution in [3.63, 3.8) is 0 Å². The fourth-order valence-electron chi connectivity index (χ4n) is 1.95. The van der Waals surface area contributed by atoms with Crippen LogP contribution in [0.5, 0.6) is 0 Å². The van der Waals surface area contributed by atoms with Crippen molar-refractivity contribution in [2.45, 2.75) is 12.2 Å². The van der Waals surface area contributed by atoms with Gasteiger partial charge in [0, 0.05) is 28.1 Å². The highest BCUT2D eigenvalue weighted by atomic mass is 35.5. The van der Waals surface area contributed by atoms with Crippen molar-refractivity contribution in [2.75, 3.05) is 12.3 Å². The molecule has 2 nitrogen and oxygen atoms in total. The molecular weight excluding hydrogens is 337 g/mol. The number of hydrogen-bond donors (Lipinski definition) is 1. The molecule has 22 heavy (non-hydrogen) atoms. The van der Waals surface area contributed by atoms with Gasteiger partial charge in [-0.3, -0.25) is 4.79 Å². The lowest BCUT2D eigenvalue weighted by molar-refractivity contribution is -0.120. The second-order valence-electron chi connectivity index (χ2n) is 4.77. The van der Waals surface area contributed by atoms with Gasteiger partial charge in [-0.25, -0.2) is 0 Å². The highest BCUT2D eigenvalue weighted by molar-refractivity contribution is 7.98. The maximum absolute atomic E-state index is 11.8. The van der Waals surface area contributed by atoms with Crippen LogP contribution in [-0.4, -0.2) is 18.2 Å². The molecule has 0 bridgehead atoms. The second-order valence-corrected chi connectivity index (χ2v) is 6.68. The van der Waals surface area contributed by atoms with Crippen LogP contribution in [0.15, 0.2) is 48.5 Å². The number of nitrogens with one attached hydrogen (secondary N) is 1. The average Bonchev–Trinajstić information content (AvgIpc) is 2.50. The number of hydrogen-bond acceptors (Lipinski definition) is 2. The Bertz CT molecular complexity index is 599. The normalized spacial score (nSPS) is 10.5. The van der Waals surface area contributed by atoms with Crippen molar-refractivity contribution >= 4 is 40.9 Å². The minimum absolute atomic E-state index is 0.0441. The Labute approximate surface area is 145 Å². The Morgan fingerprint density at radius 2 is 1.68 bits per heavy atom. The maximum Gasteiger partial charge on any atom is 0.224 e.